The number of hydrogen-bond donors (Lipinski definition) is 2. The predicted molar refractivity (Wildman–Crippen MR) is 125 cm³/mol. The molecule has 0 bridgehead atoms. The minimum atomic E-state index is -4.00. The molecule has 0 fully saturated rings. The summed E-state index contributed by atoms with van der Waals surface area (Å²) < 4.78 is 46.5. The van der Waals surface area contributed by atoms with E-state index in [9.17, 15) is 17.6 Å². The molecule has 2 N–H and O–H groups in total. The number of halogens is 1. The second-order valence-electron chi connectivity index (χ2n) is 7.54. The predicted octanol–water partition coefficient (Wildman–Crippen LogP) is 3.67. The van der Waals surface area contributed by atoms with E-state index < -0.39 is 15.8 Å². The van der Waals surface area contributed by atoms with Crippen LogP contribution in [-0.2, 0) is 10.0 Å². The van der Waals surface area contributed by atoms with Gasteiger partial charge in [0, 0.05) is 17.7 Å². The number of nitrogens with zero attached hydrogens (tertiary/aromatic N) is 1. The van der Waals surface area contributed by atoms with Crippen LogP contribution < -0.4 is 14.8 Å². The van der Waals surface area contributed by atoms with E-state index >= 15 is 0 Å². The first-order valence-corrected chi connectivity index (χ1v) is 11.7. The third-order valence-electron chi connectivity index (χ3n) is 5.12. The molecular weight excluding hydrogens is 445 g/mol. The van der Waals surface area contributed by atoms with Gasteiger partial charge < -0.3 is 15.0 Å². The lowest BCUT2D eigenvalue weighted by Crippen LogP contribution is -2.34. The van der Waals surface area contributed by atoms with Crippen LogP contribution in [-0.4, -0.2) is 47.0 Å². The number of sulfonamides is 1. The lowest BCUT2D eigenvalue weighted by molar-refractivity contribution is 0.0941. The molecule has 1 amide bonds. The van der Waals surface area contributed by atoms with Gasteiger partial charge in [-0.3, -0.25) is 9.52 Å². The third-order valence-corrected chi connectivity index (χ3v) is 6.50. The number of methoxy groups -OCH3 is 1. The minimum Gasteiger partial charge on any atom is -0.496 e. The van der Waals surface area contributed by atoms with Gasteiger partial charge in [0.1, 0.15) is 11.6 Å². The van der Waals surface area contributed by atoms with Crippen LogP contribution in [0.2, 0.25) is 0 Å². The highest BCUT2D eigenvalue weighted by atomic mass is 32.2. The molecule has 0 heterocycles. The maximum atomic E-state index is 13.8. The van der Waals surface area contributed by atoms with E-state index in [1.807, 2.05) is 43.3 Å². The lowest BCUT2D eigenvalue weighted by atomic mass is 10.0. The standard InChI is InChI=1S/C24H26FN3O4S/c1-28(2)22(19-8-4-7-11-23(19)32-3)16-26-24(29)17-12-14-18(15-13-17)33(30,31)27-21-10-6-5-9-20(21)25/h4-15,22,27H,16H2,1-3H3,(H,26,29). The molecule has 0 saturated heterocycles. The van der Waals surface area contributed by atoms with Crippen LogP contribution in [0.4, 0.5) is 10.1 Å². The zero-order chi connectivity index (χ0) is 24.0. The number of ether oxygens (including phenoxy) is 1. The molecule has 0 aliphatic rings. The average molecular weight is 472 g/mol. The van der Waals surface area contributed by atoms with E-state index in [0.717, 1.165) is 17.4 Å². The van der Waals surface area contributed by atoms with Crippen LogP contribution in [0, 0.1) is 5.82 Å². The summed E-state index contributed by atoms with van der Waals surface area (Å²) in [4.78, 5) is 14.6. The third kappa shape index (κ3) is 5.88. The first-order chi connectivity index (χ1) is 15.7. The van der Waals surface area contributed by atoms with Gasteiger partial charge in [0.15, 0.2) is 0 Å². The summed E-state index contributed by atoms with van der Waals surface area (Å²) in [5.41, 5.74) is 1.09. The zero-order valence-corrected chi connectivity index (χ0v) is 19.4. The van der Waals surface area contributed by atoms with E-state index in [2.05, 4.69) is 10.0 Å². The summed E-state index contributed by atoms with van der Waals surface area (Å²) in [6, 6.07) is 18.4. The molecular formula is C24H26FN3O4S. The molecule has 0 aliphatic heterocycles. The Labute approximate surface area is 193 Å². The van der Waals surface area contributed by atoms with E-state index in [-0.39, 0.29) is 22.5 Å². The number of carbonyl (C=O) groups is 1. The quantitative estimate of drug-likeness (QED) is 0.497. The molecule has 7 nitrogen and oxygen atoms in total. The fraction of sp³-hybridized carbons (Fsp3) is 0.208. The van der Waals surface area contributed by atoms with Crippen LogP contribution in [0.1, 0.15) is 22.0 Å². The highest BCUT2D eigenvalue weighted by molar-refractivity contribution is 7.92. The van der Waals surface area contributed by atoms with E-state index in [4.69, 9.17) is 4.74 Å². The van der Waals surface area contributed by atoms with Crippen molar-refractivity contribution < 1.29 is 22.3 Å². The molecule has 3 aromatic carbocycles. The molecule has 9 heteroatoms. The van der Waals surface area contributed by atoms with Crippen molar-refractivity contribution in [2.24, 2.45) is 0 Å². The van der Waals surface area contributed by atoms with Crippen molar-refractivity contribution in [1.82, 2.24) is 10.2 Å². The second kappa shape index (κ2) is 10.5. The van der Waals surface area contributed by atoms with Gasteiger partial charge in [-0.1, -0.05) is 30.3 Å². The fourth-order valence-corrected chi connectivity index (χ4v) is 4.40. The minimum absolute atomic E-state index is 0.0810. The number of para-hydroxylation sites is 2. The summed E-state index contributed by atoms with van der Waals surface area (Å²) in [7, 11) is 1.41. The lowest BCUT2D eigenvalue weighted by Gasteiger charge is -2.26. The van der Waals surface area contributed by atoms with Gasteiger partial charge in [0.25, 0.3) is 15.9 Å². The highest BCUT2D eigenvalue weighted by Gasteiger charge is 2.20. The first kappa shape index (κ1) is 24.2. The largest absolute Gasteiger partial charge is 0.496 e. The number of carbonyl (C=O) groups excluding carboxylic acids is 1. The second-order valence-corrected chi connectivity index (χ2v) is 9.22. The Morgan fingerprint density at radius 1 is 1.00 bits per heavy atom. The number of nitrogens with one attached hydrogen (secondary N) is 2. The molecule has 1 unspecified atom stereocenters. The van der Waals surface area contributed by atoms with Gasteiger partial charge >= 0.3 is 0 Å². The van der Waals surface area contributed by atoms with Crippen LogP contribution >= 0.6 is 0 Å². The van der Waals surface area contributed by atoms with Crippen molar-refractivity contribution >= 4 is 21.6 Å². The smallest absolute Gasteiger partial charge is 0.261 e. The van der Waals surface area contributed by atoms with Crippen LogP contribution in [0.3, 0.4) is 0 Å². The Balaban J connectivity index is 1.70. The molecule has 0 radical (unpaired) electrons. The van der Waals surface area contributed by atoms with Gasteiger partial charge in [-0.25, -0.2) is 12.8 Å². The SMILES string of the molecule is COc1ccccc1C(CNC(=O)c1ccc(S(=O)(=O)Nc2ccccc2F)cc1)N(C)C. The van der Waals surface area contributed by atoms with Crippen LogP contribution in [0.25, 0.3) is 0 Å². The molecule has 3 rings (SSSR count). The van der Waals surface area contributed by atoms with Crippen molar-refractivity contribution in [3.63, 3.8) is 0 Å². The fourth-order valence-electron chi connectivity index (χ4n) is 3.34. The van der Waals surface area contributed by atoms with E-state index in [0.29, 0.717) is 12.1 Å². The van der Waals surface area contributed by atoms with Crippen molar-refractivity contribution in [3.05, 3.63) is 89.7 Å². The molecule has 1 atom stereocenters. The van der Waals surface area contributed by atoms with Gasteiger partial charge in [0.2, 0.25) is 0 Å². The molecule has 3 aromatic rings. The van der Waals surface area contributed by atoms with Crippen molar-refractivity contribution in [1.29, 1.82) is 0 Å². The highest BCUT2D eigenvalue weighted by Crippen LogP contribution is 2.27. The molecule has 33 heavy (non-hydrogen) atoms. The summed E-state index contributed by atoms with van der Waals surface area (Å²) in [6.45, 7) is 0.321. The maximum Gasteiger partial charge on any atom is 0.261 e. The van der Waals surface area contributed by atoms with Crippen molar-refractivity contribution in [2.75, 3.05) is 32.5 Å². The zero-order valence-electron chi connectivity index (χ0n) is 18.6. The Kier molecular flexibility index (Phi) is 7.67. The Morgan fingerprint density at radius 3 is 2.27 bits per heavy atom. The molecule has 0 aliphatic carbocycles. The van der Waals surface area contributed by atoms with Gasteiger partial charge in [-0.05, 0) is 56.6 Å². The summed E-state index contributed by atoms with van der Waals surface area (Å²) in [5, 5.41) is 2.88. The maximum absolute atomic E-state index is 13.8. The molecule has 0 saturated carbocycles. The van der Waals surface area contributed by atoms with Crippen molar-refractivity contribution in [3.8, 4) is 5.75 Å². The Hall–Kier alpha value is -3.43. The Bertz CT molecular complexity index is 1210. The van der Waals surface area contributed by atoms with E-state index in [1.165, 1.54) is 42.5 Å². The number of amides is 1. The topological polar surface area (TPSA) is 87.7 Å². The summed E-state index contributed by atoms with van der Waals surface area (Å²) >= 11 is 0. The monoisotopic (exact) mass is 471 g/mol. The summed E-state index contributed by atoms with van der Waals surface area (Å²) in [5.74, 6) is -0.298. The van der Waals surface area contributed by atoms with E-state index in [1.54, 1.807) is 7.11 Å². The molecule has 174 valence electrons. The molecule has 0 aromatic heterocycles. The van der Waals surface area contributed by atoms with Gasteiger partial charge in [-0.2, -0.15) is 0 Å². The van der Waals surface area contributed by atoms with Crippen LogP contribution in [0.15, 0.2) is 77.7 Å². The number of hydrogen-bond acceptors (Lipinski definition) is 5. The Morgan fingerprint density at radius 2 is 1.64 bits per heavy atom. The number of rotatable bonds is 9. The number of likely N-dealkylation sites (N-methyl/N-ethyl adjacent to an activating group) is 1. The molecule has 0 spiro atoms. The number of anilines is 1. The van der Waals surface area contributed by atoms with Gasteiger partial charge in [0.05, 0.1) is 23.7 Å². The normalized spacial score (nSPS) is 12.3. The van der Waals surface area contributed by atoms with Crippen LogP contribution in [0.5, 0.6) is 5.75 Å². The average Bonchev–Trinajstić information content (AvgIpc) is 2.80. The summed E-state index contributed by atoms with van der Waals surface area (Å²) in [6.07, 6.45) is 0. The first-order valence-electron chi connectivity index (χ1n) is 10.2. The van der Waals surface area contributed by atoms with Gasteiger partial charge in [-0.15, -0.1) is 0 Å². The number of benzene rings is 3. The van der Waals surface area contributed by atoms with Crippen molar-refractivity contribution in [2.45, 2.75) is 10.9 Å².